The molecular weight excluding hydrogens is 429 g/mol. The van der Waals surface area contributed by atoms with Gasteiger partial charge in [-0.15, -0.1) is 0 Å². The van der Waals surface area contributed by atoms with Gasteiger partial charge in [0.15, 0.2) is 0 Å². The molecule has 9 nitrogen and oxygen atoms in total. The summed E-state index contributed by atoms with van der Waals surface area (Å²) < 4.78 is 31.7. The molecule has 4 rings (SSSR count). The van der Waals surface area contributed by atoms with Gasteiger partial charge in [-0.3, -0.25) is 14.8 Å². The van der Waals surface area contributed by atoms with Crippen LogP contribution in [0.3, 0.4) is 0 Å². The van der Waals surface area contributed by atoms with Crippen LogP contribution in [-0.2, 0) is 17.6 Å². The van der Waals surface area contributed by atoms with Crippen LogP contribution in [-0.4, -0.2) is 66.1 Å². The average molecular weight is 446 g/mol. The van der Waals surface area contributed by atoms with Crippen LogP contribution < -0.4 is 0 Å². The highest BCUT2D eigenvalue weighted by molar-refractivity contribution is 5.92. The first-order valence-corrected chi connectivity index (χ1v) is 9.36. The number of hydrogen-bond acceptors (Lipinski definition) is 7. The highest BCUT2D eigenvalue weighted by Crippen LogP contribution is 2.25. The quantitative estimate of drug-likeness (QED) is 0.636. The molecule has 12 heteroatoms. The monoisotopic (exact) mass is 446 g/mol. The zero-order valence-electron chi connectivity index (χ0n) is 16.5. The third-order valence-corrected chi connectivity index (χ3v) is 4.53. The minimum atomic E-state index is -5.08. The van der Waals surface area contributed by atoms with Gasteiger partial charge in [-0.05, 0) is 18.6 Å². The number of fused-ring (bicyclic) bond motifs is 1. The van der Waals surface area contributed by atoms with E-state index in [1.807, 2.05) is 12.1 Å². The fraction of sp³-hybridized carbons (Fsp3) is 0.250. The Hall–Kier alpha value is -3.96. The average Bonchev–Trinajstić information content (AvgIpc) is 3.02. The van der Waals surface area contributed by atoms with Crippen LogP contribution in [0.25, 0.3) is 11.3 Å². The molecule has 0 bridgehead atoms. The van der Waals surface area contributed by atoms with Crippen LogP contribution in [0.5, 0.6) is 0 Å². The summed E-state index contributed by atoms with van der Waals surface area (Å²) in [7, 11) is 0. The molecule has 0 radical (unpaired) electrons. The predicted molar refractivity (Wildman–Crippen MR) is 104 cm³/mol. The number of amides is 1. The molecule has 0 fully saturated rings. The molecule has 3 aromatic rings. The van der Waals surface area contributed by atoms with Crippen LogP contribution >= 0.6 is 0 Å². The Kier molecular flexibility index (Phi) is 7.03. The number of halogens is 3. The van der Waals surface area contributed by atoms with Gasteiger partial charge in [0.25, 0.3) is 5.91 Å². The lowest BCUT2D eigenvalue weighted by Gasteiger charge is -2.19. The third-order valence-electron chi connectivity index (χ3n) is 4.53. The molecule has 0 unspecified atom stereocenters. The van der Waals surface area contributed by atoms with Gasteiger partial charge < -0.3 is 10.0 Å². The molecule has 0 saturated carbocycles. The number of carbonyl (C=O) groups excluding carboxylic acids is 1. The summed E-state index contributed by atoms with van der Waals surface area (Å²) in [6.07, 6.45) is 6.03. The molecule has 0 spiro atoms. The molecule has 1 N–H and O–H groups in total. The molecule has 4 heterocycles. The molecule has 0 saturated heterocycles. The number of carboxylic acid groups (broad SMARTS) is 1. The van der Waals surface area contributed by atoms with Gasteiger partial charge in [0.2, 0.25) is 0 Å². The minimum Gasteiger partial charge on any atom is -0.475 e. The Balaban J connectivity index is 0.000000360. The summed E-state index contributed by atoms with van der Waals surface area (Å²) >= 11 is 0. The van der Waals surface area contributed by atoms with Crippen molar-refractivity contribution in [3.63, 3.8) is 0 Å². The summed E-state index contributed by atoms with van der Waals surface area (Å²) in [5.41, 5.74) is 4.31. The third kappa shape index (κ3) is 5.59. The van der Waals surface area contributed by atoms with Crippen LogP contribution in [0.1, 0.15) is 21.7 Å². The van der Waals surface area contributed by atoms with E-state index < -0.39 is 12.1 Å². The second kappa shape index (κ2) is 9.90. The van der Waals surface area contributed by atoms with Crippen molar-refractivity contribution < 1.29 is 27.9 Å². The highest BCUT2D eigenvalue weighted by Gasteiger charge is 2.38. The van der Waals surface area contributed by atoms with E-state index in [0.29, 0.717) is 31.6 Å². The van der Waals surface area contributed by atoms with Gasteiger partial charge >= 0.3 is 12.1 Å². The van der Waals surface area contributed by atoms with Gasteiger partial charge in [0.05, 0.1) is 11.9 Å². The van der Waals surface area contributed by atoms with Crippen molar-refractivity contribution in [3.8, 4) is 11.3 Å². The largest absolute Gasteiger partial charge is 0.490 e. The lowest BCUT2D eigenvalue weighted by Crippen LogP contribution is -2.33. The molecular formula is C20H17F3N6O3. The summed E-state index contributed by atoms with van der Waals surface area (Å²) in [5, 5.41) is 7.12. The van der Waals surface area contributed by atoms with Crippen molar-refractivity contribution in [2.24, 2.45) is 0 Å². The number of nitrogens with zero attached hydrogens (tertiary/aromatic N) is 6. The number of aliphatic carboxylic acids is 1. The van der Waals surface area contributed by atoms with Crippen LogP contribution in [0.4, 0.5) is 13.2 Å². The Bertz CT molecular complexity index is 1080. The maximum absolute atomic E-state index is 12.6. The molecule has 1 amide bonds. The first-order chi connectivity index (χ1) is 15.3. The number of hydrogen-bond donors (Lipinski definition) is 1. The second-order valence-electron chi connectivity index (χ2n) is 6.57. The number of alkyl halides is 3. The highest BCUT2D eigenvalue weighted by atomic mass is 19.4. The number of pyridine rings is 1. The molecule has 0 aliphatic carbocycles. The zero-order valence-corrected chi connectivity index (χ0v) is 16.5. The van der Waals surface area contributed by atoms with E-state index in [1.165, 1.54) is 12.4 Å². The second-order valence-corrected chi connectivity index (χ2v) is 6.57. The van der Waals surface area contributed by atoms with Gasteiger partial charge in [-0.2, -0.15) is 13.2 Å². The number of carboxylic acids is 1. The van der Waals surface area contributed by atoms with E-state index in [9.17, 15) is 18.0 Å². The Morgan fingerprint density at radius 1 is 0.969 bits per heavy atom. The van der Waals surface area contributed by atoms with Gasteiger partial charge in [-0.25, -0.2) is 19.7 Å². The van der Waals surface area contributed by atoms with Crippen molar-refractivity contribution >= 4 is 11.9 Å². The van der Waals surface area contributed by atoms with E-state index in [4.69, 9.17) is 9.90 Å². The van der Waals surface area contributed by atoms with E-state index in [0.717, 1.165) is 22.5 Å². The molecule has 0 aromatic carbocycles. The van der Waals surface area contributed by atoms with E-state index >= 15 is 0 Å². The van der Waals surface area contributed by atoms with E-state index in [1.54, 1.807) is 29.8 Å². The Morgan fingerprint density at radius 2 is 1.69 bits per heavy atom. The van der Waals surface area contributed by atoms with Crippen molar-refractivity contribution in [2.45, 2.75) is 19.0 Å². The zero-order chi connectivity index (χ0) is 23.1. The topological polar surface area (TPSA) is 122 Å². The van der Waals surface area contributed by atoms with Gasteiger partial charge in [-0.1, -0.05) is 0 Å². The van der Waals surface area contributed by atoms with Crippen molar-refractivity contribution in [1.82, 2.24) is 29.8 Å². The first kappa shape index (κ1) is 22.7. The number of rotatable bonds is 2. The van der Waals surface area contributed by atoms with Gasteiger partial charge in [0, 0.05) is 61.1 Å². The van der Waals surface area contributed by atoms with Crippen LogP contribution in [0.2, 0.25) is 0 Å². The molecule has 166 valence electrons. The molecule has 0 atom stereocenters. The van der Waals surface area contributed by atoms with Crippen LogP contribution in [0.15, 0.2) is 49.4 Å². The SMILES string of the molecule is O=C(O)C(F)(F)F.O=C(c1cnccn1)N1CCc2ncnc(-c3cccnc3)c2CC1. The van der Waals surface area contributed by atoms with Crippen molar-refractivity contribution in [1.29, 1.82) is 0 Å². The smallest absolute Gasteiger partial charge is 0.475 e. The summed E-state index contributed by atoms with van der Waals surface area (Å²) in [6.45, 7) is 1.20. The lowest BCUT2D eigenvalue weighted by atomic mass is 10.0. The van der Waals surface area contributed by atoms with Gasteiger partial charge in [0.1, 0.15) is 12.0 Å². The standard InChI is InChI=1S/C18H16N6O.C2HF3O2/c25-18(16-11-20-6-7-21-16)24-8-3-14-15(4-9-24)22-12-23-17(14)13-2-1-5-19-10-13;3-2(4,5)1(6)7/h1-2,5-7,10-12H,3-4,8-9H2;(H,6,7). The fourth-order valence-electron chi connectivity index (χ4n) is 3.05. The van der Waals surface area contributed by atoms with E-state index in [2.05, 4.69) is 24.9 Å². The number of aromatic nitrogens is 5. The maximum atomic E-state index is 12.6. The van der Waals surface area contributed by atoms with E-state index in [-0.39, 0.29) is 5.91 Å². The predicted octanol–water partition coefficient (Wildman–Crippen LogP) is 2.20. The van der Waals surface area contributed by atoms with Crippen molar-refractivity contribution in [3.05, 3.63) is 66.4 Å². The van der Waals surface area contributed by atoms with Crippen molar-refractivity contribution in [2.75, 3.05) is 13.1 Å². The minimum absolute atomic E-state index is 0.100. The maximum Gasteiger partial charge on any atom is 0.490 e. The fourth-order valence-corrected chi connectivity index (χ4v) is 3.05. The summed E-state index contributed by atoms with van der Waals surface area (Å²) in [6, 6.07) is 3.88. The molecule has 32 heavy (non-hydrogen) atoms. The molecule has 3 aromatic heterocycles. The number of carbonyl (C=O) groups is 2. The Labute approximate surface area is 180 Å². The first-order valence-electron chi connectivity index (χ1n) is 9.36. The lowest BCUT2D eigenvalue weighted by molar-refractivity contribution is -0.192. The Morgan fingerprint density at radius 3 is 2.31 bits per heavy atom. The molecule has 1 aliphatic heterocycles. The molecule has 1 aliphatic rings. The van der Waals surface area contributed by atoms with Crippen LogP contribution in [0, 0.1) is 0 Å². The summed E-state index contributed by atoms with van der Waals surface area (Å²) in [5.74, 6) is -2.86. The normalized spacial score (nSPS) is 13.3. The summed E-state index contributed by atoms with van der Waals surface area (Å²) in [4.78, 5) is 44.5.